The van der Waals surface area contributed by atoms with E-state index < -0.39 is 34.1 Å². The molecule has 1 aliphatic heterocycles. The van der Waals surface area contributed by atoms with Gasteiger partial charge in [0, 0.05) is 24.6 Å². The Morgan fingerprint density at radius 1 is 1.29 bits per heavy atom. The predicted octanol–water partition coefficient (Wildman–Crippen LogP) is 2.40. The monoisotopic (exact) mass is 428 g/mol. The summed E-state index contributed by atoms with van der Waals surface area (Å²) in [6.45, 7) is -0.181. The molecule has 0 saturated carbocycles. The van der Waals surface area contributed by atoms with Gasteiger partial charge in [-0.05, 0) is 17.7 Å². The molecule has 1 atom stereocenters. The summed E-state index contributed by atoms with van der Waals surface area (Å²) in [6, 6.07) is 3.47. The highest BCUT2D eigenvalue weighted by atomic mass is 79.9. The van der Waals surface area contributed by atoms with Crippen molar-refractivity contribution in [3.63, 3.8) is 0 Å². The second-order valence-corrected chi connectivity index (χ2v) is 8.62. The molecule has 134 valence electrons. The fourth-order valence-electron chi connectivity index (χ4n) is 2.56. The lowest BCUT2D eigenvalue weighted by Crippen LogP contribution is -2.56. The lowest BCUT2D eigenvalue weighted by molar-refractivity contribution is -0.191. The summed E-state index contributed by atoms with van der Waals surface area (Å²) in [5.74, 6) is -1.48. The van der Waals surface area contributed by atoms with Crippen LogP contribution < -0.4 is 0 Å². The highest BCUT2D eigenvalue weighted by Gasteiger charge is 2.48. The summed E-state index contributed by atoms with van der Waals surface area (Å²) >= 11 is 3.16. The van der Waals surface area contributed by atoms with Gasteiger partial charge in [0.15, 0.2) is 6.04 Å². The number of hydrogen-bond donors (Lipinski definition) is 0. The number of amides is 1. The second kappa shape index (κ2) is 6.64. The average molecular weight is 429 g/mol. The number of carbonyl (C=O) groups is 1. The van der Waals surface area contributed by atoms with Crippen molar-refractivity contribution in [3.05, 3.63) is 34.3 Å². The first kappa shape index (κ1) is 19.2. The molecule has 1 heterocycles. The summed E-state index contributed by atoms with van der Waals surface area (Å²) in [6.07, 6.45) is -3.64. The SMILES string of the molecule is CN(C(=O)C1CN(S(C)(=O)=O)C1)C(c1ccc(Br)cc1)C(F)(F)F. The fraction of sp³-hybridized carbons (Fsp3) is 0.500. The summed E-state index contributed by atoms with van der Waals surface area (Å²) in [5.41, 5.74) is -0.0548. The minimum atomic E-state index is -4.64. The van der Waals surface area contributed by atoms with E-state index in [4.69, 9.17) is 0 Å². The second-order valence-electron chi connectivity index (χ2n) is 5.72. The number of sulfonamides is 1. The van der Waals surface area contributed by atoms with E-state index >= 15 is 0 Å². The maximum Gasteiger partial charge on any atom is 0.413 e. The average Bonchev–Trinajstić information content (AvgIpc) is 2.36. The van der Waals surface area contributed by atoms with Crippen LogP contribution in [-0.2, 0) is 14.8 Å². The molecule has 1 aromatic carbocycles. The molecule has 24 heavy (non-hydrogen) atoms. The van der Waals surface area contributed by atoms with Crippen molar-refractivity contribution in [2.75, 3.05) is 26.4 Å². The van der Waals surface area contributed by atoms with Crippen LogP contribution in [0.3, 0.4) is 0 Å². The van der Waals surface area contributed by atoms with Gasteiger partial charge in [0.05, 0.1) is 12.2 Å². The van der Waals surface area contributed by atoms with Crippen LogP contribution in [-0.4, -0.2) is 56.1 Å². The number of alkyl halides is 3. The Morgan fingerprint density at radius 3 is 2.21 bits per heavy atom. The van der Waals surface area contributed by atoms with Crippen molar-refractivity contribution >= 4 is 31.9 Å². The zero-order valence-corrected chi connectivity index (χ0v) is 15.3. The lowest BCUT2D eigenvalue weighted by Gasteiger charge is -2.40. The molecule has 1 unspecified atom stereocenters. The van der Waals surface area contributed by atoms with E-state index in [0.29, 0.717) is 9.37 Å². The Kier molecular flexibility index (Phi) is 5.31. The maximum absolute atomic E-state index is 13.5. The van der Waals surface area contributed by atoms with E-state index in [9.17, 15) is 26.4 Å². The highest BCUT2D eigenvalue weighted by molar-refractivity contribution is 9.10. The molecule has 0 aromatic heterocycles. The van der Waals surface area contributed by atoms with Gasteiger partial charge in [-0.3, -0.25) is 4.79 Å². The normalized spacial score (nSPS) is 18.1. The Balaban J connectivity index is 2.19. The van der Waals surface area contributed by atoms with Gasteiger partial charge < -0.3 is 4.90 Å². The molecule has 2 rings (SSSR count). The predicted molar refractivity (Wildman–Crippen MR) is 85.6 cm³/mol. The summed E-state index contributed by atoms with van der Waals surface area (Å²) in [7, 11) is -2.34. The molecule has 0 radical (unpaired) electrons. The van der Waals surface area contributed by atoms with E-state index in [1.54, 1.807) is 0 Å². The van der Waals surface area contributed by atoms with Gasteiger partial charge in [-0.2, -0.15) is 13.2 Å². The minimum Gasteiger partial charge on any atom is -0.330 e. The molecule has 1 aromatic rings. The standard InChI is InChI=1S/C14H16BrF3N2O3S/c1-19(13(21)10-7-20(8-10)24(2,22)23)12(14(16,17)18)9-3-5-11(15)6-4-9/h3-6,10,12H,7-8H2,1-2H3. The number of benzene rings is 1. The highest BCUT2D eigenvalue weighted by Crippen LogP contribution is 2.38. The van der Waals surface area contributed by atoms with E-state index in [1.807, 2.05) is 0 Å². The van der Waals surface area contributed by atoms with E-state index in [0.717, 1.165) is 17.6 Å². The van der Waals surface area contributed by atoms with Gasteiger partial charge in [0.1, 0.15) is 0 Å². The number of hydrogen-bond acceptors (Lipinski definition) is 3. The minimum absolute atomic E-state index is 0.0548. The summed E-state index contributed by atoms with van der Waals surface area (Å²) < 4.78 is 64.7. The Morgan fingerprint density at radius 2 is 1.79 bits per heavy atom. The largest absolute Gasteiger partial charge is 0.413 e. The number of rotatable bonds is 4. The number of halogens is 4. The molecule has 1 saturated heterocycles. The summed E-state index contributed by atoms with van der Waals surface area (Å²) in [5, 5.41) is 0. The smallest absolute Gasteiger partial charge is 0.330 e. The molecule has 1 aliphatic rings. The first-order chi connectivity index (χ1) is 10.9. The fourth-order valence-corrected chi connectivity index (χ4v) is 3.72. The van der Waals surface area contributed by atoms with E-state index in [2.05, 4.69) is 15.9 Å². The van der Waals surface area contributed by atoms with Crippen molar-refractivity contribution in [3.8, 4) is 0 Å². The molecule has 0 aliphatic carbocycles. The summed E-state index contributed by atoms with van der Waals surface area (Å²) in [4.78, 5) is 13.0. The van der Waals surface area contributed by atoms with Crippen LogP contribution in [0.2, 0.25) is 0 Å². The van der Waals surface area contributed by atoms with Crippen LogP contribution in [0, 0.1) is 5.92 Å². The maximum atomic E-state index is 13.5. The van der Waals surface area contributed by atoms with Gasteiger partial charge in [-0.1, -0.05) is 28.1 Å². The molecule has 0 bridgehead atoms. The third kappa shape index (κ3) is 4.09. The van der Waals surface area contributed by atoms with Crippen LogP contribution in [0.4, 0.5) is 13.2 Å². The van der Waals surface area contributed by atoms with Gasteiger partial charge >= 0.3 is 6.18 Å². The first-order valence-corrected chi connectivity index (χ1v) is 9.59. The molecule has 1 amide bonds. The quantitative estimate of drug-likeness (QED) is 0.739. The molecule has 10 heteroatoms. The van der Waals surface area contributed by atoms with Crippen LogP contribution in [0.5, 0.6) is 0 Å². The van der Waals surface area contributed by atoms with Gasteiger partial charge in [-0.25, -0.2) is 12.7 Å². The van der Waals surface area contributed by atoms with Crippen molar-refractivity contribution in [1.82, 2.24) is 9.21 Å². The van der Waals surface area contributed by atoms with E-state index in [1.165, 1.54) is 24.3 Å². The molecule has 0 spiro atoms. The number of carbonyl (C=O) groups excluding carboxylic acids is 1. The van der Waals surface area contributed by atoms with Crippen LogP contribution in [0.15, 0.2) is 28.7 Å². The van der Waals surface area contributed by atoms with Crippen LogP contribution >= 0.6 is 15.9 Å². The number of nitrogens with zero attached hydrogens (tertiary/aromatic N) is 2. The molecular formula is C14H16BrF3N2O3S. The Labute approximate surface area is 146 Å². The van der Waals surface area contributed by atoms with Gasteiger partial charge in [-0.15, -0.1) is 0 Å². The molecule has 5 nitrogen and oxygen atoms in total. The van der Waals surface area contributed by atoms with Gasteiger partial charge in [0.25, 0.3) is 0 Å². The van der Waals surface area contributed by atoms with E-state index in [-0.39, 0.29) is 18.7 Å². The molecule has 0 N–H and O–H groups in total. The van der Waals surface area contributed by atoms with Crippen molar-refractivity contribution in [1.29, 1.82) is 0 Å². The zero-order chi connectivity index (χ0) is 18.3. The van der Waals surface area contributed by atoms with Gasteiger partial charge in [0.2, 0.25) is 15.9 Å². The Bertz CT molecular complexity index is 716. The Hall–Kier alpha value is -1.13. The lowest BCUT2D eigenvalue weighted by atomic mass is 9.98. The first-order valence-electron chi connectivity index (χ1n) is 6.95. The zero-order valence-electron chi connectivity index (χ0n) is 12.9. The van der Waals surface area contributed by atoms with Crippen LogP contribution in [0.1, 0.15) is 11.6 Å². The third-order valence-electron chi connectivity index (χ3n) is 3.90. The van der Waals surface area contributed by atoms with Crippen molar-refractivity contribution < 1.29 is 26.4 Å². The molecule has 1 fully saturated rings. The van der Waals surface area contributed by atoms with Crippen LogP contribution in [0.25, 0.3) is 0 Å². The topological polar surface area (TPSA) is 57.7 Å². The third-order valence-corrected chi connectivity index (χ3v) is 5.66. The van der Waals surface area contributed by atoms with Crippen molar-refractivity contribution in [2.24, 2.45) is 5.92 Å². The van der Waals surface area contributed by atoms with Crippen molar-refractivity contribution in [2.45, 2.75) is 12.2 Å². The molecular weight excluding hydrogens is 413 g/mol.